The quantitative estimate of drug-likeness (QED) is 0.539. The minimum atomic E-state index is -1.43. The average molecular weight is 168 g/mol. The summed E-state index contributed by atoms with van der Waals surface area (Å²) in [5.41, 5.74) is -0.443. The van der Waals surface area contributed by atoms with Crippen molar-refractivity contribution in [2.24, 2.45) is 0 Å². The van der Waals surface area contributed by atoms with Crippen molar-refractivity contribution in [3.63, 3.8) is 0 Å². The predicted molar refractivity (Wildman–Crippen MR) is 43.6 cm³/mol. The molecule has 0 fully saturated rings. The molecule has 0 saturated carbocycles. The van der Waals surface area contributed by atoms with Crippen LogP contribution in [0.2, 0.25) is 0 Å². The Morgan fingerprint density at radius 3 is 2.33 bits per heavy atom. The Kier molecular flexibility index (Phi) is 1.92. The first-order valence-corrected chi connectivity index (χ1v) is 3.84. The molecule has 1 rings (SSSR count). The van der Waals surface area contributed by atoms with Crippen molar-refractivity contribution in [2.75, 3.05) is 0 Å². The average Bonchev–Trinajstić information content (AvgIpc) is 1.99. The molecule has 3 nitrogen and oxygen atoms in total. The topological polar surface area (TPSA) is 54.4 Å². The summed E-state index contributed by atoms with van der Waals surface area (Å²) in [4.78, 5) is 22.3. The highest BCUT2D eigenvalue weighted by Gasteiger charge is 2.39. The van der Waals surface area contributed by atoms with E-state index in [1.165, 1.54) is 6.92 Å². The molecule has 0 amide bonds. The lowest BCUT2D eigenvalue weighted by atomic mass is 9.80. The second-order valence-corrected chi connectivity index (χ2v) is 3.35. The molecule has 0 heterocycles. The molecule has 0 aliphatic heterocycles. The molecule has 0 aromatic carbocycles. The fraction of sp³-hybridized carbons (Fsp3) is 0.556. The monoisotopic (exact) mass is 168 g/mol. The molecule has 0 spiro atoms. The standard InChI is InChI=1S/C9H12O3/c1-5-6(2)9(3,12)8(11)4-7(5)10/h12H,4H2,1-3H3. The number of aliphatic hydroxyl groups is 1. The van der Waals surface area contributed by atoms with Gasteiger partial charge >= 0.3 is 0 Å². The van der Waals surface area contributed by atoms with Gasteiger partial charge < -0.3 is 5.11 Å². The van der Waals surface area contributed by atoms with Gasteiger partial charge in [-0.3, -0.25) is 9.59 Å². The Morgan fingerprint density at radius 2 is 1.83 bits per heavy atom. The molecular weight excluding hydrogens is 156 g/mol. The van der Waals surface area contributed by atoms with Crippen LogP contribution in [0, 0.1) is 0 Å². The van der Waals surface area contributed by atoms with Crippen molar-refractivity contribution in [2.45, 2.75) is 32.8 Å². The zero-order valence-corrected chi connectivity index (χ0v) is 7.47. The van der Waals surface area contributed by atoms with Crippen LogP contribution in [0.1, 0.15) is 27.2 Å². The molecule has 0 aromatic rings. The van der Waals surface area contributed by atoms with E-state index in [2.05, 4.69) is 0 Å². The second-order valence-electron chi connectivity index (χ2n) is 3.35. The summed E-state index contributed by atoms with van der Waals surface area (Å²) in [5, 5.41) is 9.64. The number of hydrogen-bond acceptors (Lipinski definition) is 3. The van der Waals surface area contributed by atoms with Crippen molar-refractivity contribution < 1.29 is 14.7 Å². The molecule has 12 heavy (non-hydrogen) atoms. The maximum absolute atomic E-state index is 11.2. The summed E-state index contributed by atoms with van der Waals surface area (Å²) in [6.45, 7) is 4.68. The Morgan fingerprint density at radius 1 is 1.33 bits per heavy atom. The van der Waals surface area contributed by atoms with E-state index < -0.39 is 11.4 Å². The summed E-state index contributed by atoms with van der Waals surface area (Å²) in [7, 11) is 0. The second kappa shape index (κ2) is 2.52. The molecular formula is C9H12O3. The van der Waals surface area contributed by atoms with Crippen molar-refractivity contribution in [1.29, 1.82) is 0 Å². The van der Waals surface area contributed by atoms with Crippen molar-refractivity contribution in [1.82, 2.24) is 0 Å². The first-order chi connectivity index (χ1) is 5.37. The molecule has 3 heteroatoms. The van der Waals surface area contributed by atoms with E-state index in [-0.39, 0.29) is 12.2 Å². The van der Waals surface area contributed by atoms with E-state index in [0.717, 1.165) is 0 Å². The van der Waals surface area contributed by atoms with Gasteiger partial charge in [0.05, 0.1) is 6.42 Å². The summed E-state index contributed by atoms with van der Waals surface area (Å²) < 4.78 is 0. The first-order valence-electron chi connectivity index (χ1n) is 3.84. The van der Waals surface area contributed by atoms with Crippen LogP contribution < -0.4 is 0 Å². The molecule has 0 aromatic heterocycles. The maximum Gasteiger partial charge on any atom is 0.175 e. The summed E-state index contributed by atoms with van der Waals surface area (Å²) in [6.07, 6.45) is -0.170. The van der Waals surface area contributed by atoms with E-state index in [1.807, 2.05) is 0 Å². The largest absolute Gasteiger partial charge is 0.378 e. The molecule has 1 unspecified atom stereocenters. The van der Waals surface area contributed by atoms with Crippen LogP contribution in [0.3, 0.4) is 0 Å². The van der Waals surface area contributed by atoms with E-state index >= 15 is 0 Å². The normalized spacial score (nSPS) is 31.3. The van der Waals surface area contributed by atoms with Gasteiger partial charge in [-0.1, -0.05) is 0 Å². The fourth-order valence-electron chi connectivity index (χ4n) is 1.23. The lowest BCUT2D eigenvalue weighted by Gasteiger charge is -2.28. The third-order valence-electron chi connectivity index (χ3n) is 2.58. The number of carbonyl (C=O) groups is 2. The number of carbonyl (C=O) groups excluding carboxylic acids is 2. The number of hydrogen-bond donors (Lipinski definition) is 1. The fourth-order valence-corrected chi connectivity index (χ4v) is 1.23. The van der Waals surface area contributed by atoms with Gasteiger partial charge in [0, 0.05) is 0 Å². The van der Waals surface area contributed by atoms with Crippen molar-refractivity contribution in [3.05, 3.63) is 11.1 Å². The van der Waals surface area contributed by atoms with Crippen LogP contribution in [0.15, 0.2) is 11.1 Å². The van der Waals surface area contributed by atoms with E-state index in [0.29, 0.717) is 11.1 Å². The first kappa shape index (κ1) is 9.13. The minimum absolute atomic E-state index is 0.170. The van der Waals surface area contributed by atoms with Gasteiger partial charge in [0.25, 0.3) is 0 Å². The van der Waals surface area contributed by atoms with Crippen LogP contribution in [-0.4, -0.2) is 22.3 Å². The van der Waals surface area contributed by atoms with Crippen LogP contribution in [0.4, 0.5) is 0 Å². The highest BCUT2D eigenvalue weighted by molar-refractivity contribution is 6.14. The molecule has 0 bridgehead atoms. The number of Topliss-reactive ketones (excluding diaryl/α,β-unsaturated/α-hetero) is 2. The lowest BCUT2D eigenvalue weighted by Crippen LogP contribution is -2.42. The molecule has 1 atom stereocenters. The Labute approximate surface area is 71.1 Å². The Bertz CT molecular complexity index is 284. The van der Waals surface area contributed by atoms with Gasteiger partial charge in [-0.25, -0.2) is 0 Å². The molecule has 66 valence electrons. The van der Waals surface area contributed by atoms with Gasteiger partial charge in [-0.15, -0.1) is 0 Å². The minimum Gasteiger partial charge on any atom is -0.378 e. The van der Waals surface area contributed by atoms with Crippen LogP contribution >= 0.6 is 0 Å². The smallest absolute Gasteiger partial charge is 0.175 e. The molecule has 1 aliphatic rings. The van der Waals surface area contributed by atoms with Gasteiger partial charge in [0.15, 0.2) is 11.6 Å². The number of allylic oxidation sites excluding steroid dienone is 1. The molecule has 0 radical (unpaired) electrons. The Balaban J connectivity index is 3.25. The summed E-state index contributed by atoms with van der Waals surface area (Å²) in [6, 6.07) is 0. The van der Waals surface area contributed by atoms with Crippen LogP contribution in [-0.2, 0) is 9.59 Å². The van der Waals surface area contributed by atoms with E-state index in [4.69, 9.17) is 0 Å². The third-order valence-corrected chi connectivity index (χ3v) is 2.58. The number of rotatable bonds is 0. The molecule has 0 saturated heterocycles. The van der Waals surface area contributed by atoms with Crippen LogP contribution in [0.25, 0.3) is 0 Å². The van der Waals surface area contributed by atoms with Gasteiger partial charge in [-0.2, -0.15) is 0 Å². The predicted octanol–water partition coefficient (Wildman–Crippen LogP) is 0.616. The van der Waals surface area contributed by atoms with Gasteiger partial charge in [-0.05, 0) is 31.9 Å². The van der Waals surface area contributed by atoms with Gasteiger partial charge in [0.1, 0.15) is 5.60 Å². The summed E-state index contributed by atoms with van der Waals surface area (Å²) >= 11 is 0. The zero-order chi connectivity index (χ0) is 9.52. The van der Waals surface area contributed by atoms with Crippen molar-refractivity contribution >= 4 is 11.6 Å². The summed E-state index contributed by atoms with van der Waals surface area (Å²) in [5.74, 6) is -0.584. The molecule has 1 N–H and O–H groups in total. The molecule has 1 aliphatic carbocycles. The van der Waals surface area contributed by atoms with Gasteiger partial charge in [0.2, 0.25) is 0 Å². The lowest BCUT2D eigenvalue weighted by molar-refractivity contribution is -0.137. The van der Waals surface area contributed by atoms with Crippen molar-refractivity contribution in [3.8, 4) is 0 Å². The van der Waals surface area contributed by atoms with E-state index in [9.17, 15) is 14.7 Å². The van der Waals surface area contributed by atoms with Crippen LogP contribution in [0.5, 0.6) is 0 Å². The third kappa shape index (κ3) is 1.10. The maximum atomic E-state index is 11.2. The van der Waals surface area contributed by atoms with E-state index in [1.54, 1.807) is 13.8 Å². The Hall–Kier alpha value is -0.960. The zero-order valence-electron chi connectivity index (χ0n) is 7.47. The SMILES string of the molecule is CC1=C(C)C(C)(O)C(=O)CC1=O. The highest BCUT2D eigenvalue weighted by Crippen LogP contribution is 2.27. The number of ketones is 2. The highest BCUT2D eigenvalue weighted by atomic mass is 16.3.